The van der Waals surface area contributed by atoms with Crippen LogP contribution in [-0.4, -0.2) is 0 Å². The molecule has 0 N–H and O–H groups in total. The van der Waals surface area contributed by atoms with Crippen LogP contribution in [0.1, 0.15) is 52.7 Å². The Hall–Kier alpha value is -0.490. The zero-order valence-corrected chi connectivity index (χ0v) is 11.3. The smallest absolute Gasteiger partial charge is 0.0412 e. The second-order valence-electron chi connectivity index (χ2n) is 6.13. The number of hydrogen-bond donors (Lipinski definition) is 0. The Balaban J connectivity index is 3.30. The first-order chi connectivity index (χ1) is 6.60. The molecule has 0 atom stereocenters. The van der Waals surface area contributed by atoms with E-state index >= 15 is 0 Å². The Labute approximate surface area is 98.7 Å². The minimum atomic E-state index is 0.102. The molecule has 0 saturated heterocycles. The van der Waals surface area contributed by atoms with Crippen molar-refractivity contribution in [3.05, 3.63) is 34.3 Å². The van der Waals surface area contributed by atoms with E-state index in [0.29, 0.717) is 0 Å². The summed E-state index contributed by atoms with van der Waals surface area (Å²) in [5.41, 5.74) is 2.57. The fraction of sp³-hybridized carbons (Fsp3) is 0.571. The highest BCUT2D eigenvalue weighted by Gasteiger charge is 2.20. The van der Waals surface area contributed by atoms with Gasteiger partial charge in [-0.15, -0.1) is 0 Å². The van der Waals surface area contributed by atoms with Crippen molar-refractivity contribution in [1.29, 1.82) is 0 Å². The van der Waals surface area contributed by atoms with Gasteiger partial charge in [0, 0.05) is 5.02 Å². The van der Waals surface area contributed by atoms with Crippen LogP contribution < -0.4 is 0 Å². The molecule has 0 spiro atoms. The molecule has 0 nitrogen and oxygen atoms in total. The molecule has 83 valence electrons. The Morgan fingerprint density at radius 3 is 1.47 bits per heavy atom. The van der Waals surface area contributed by atoms with E-state index in [9.17, 15) is 0 Å². The van der Waals surface area contributed by atoms with Gasteiger partial charge >= 0.3 is 0 Å². The molecule has 0 aliphatic heterocycles. The lowest BCUT2D eigenvalue weighted by atomic mass is 9.81. The number of hydrogen-bond acceptors (Lipinski definition) is 0. The van der Waals surface area contributed by atoms with Gasteiger partial charge in [0.1, 0.15) is 0 Å². The van der Waals surface area contributed by atoms with Gasteiger partial charge < -0.3 is 0 Å². The number of rotatable bonds is 0. The lowest BCUT2D eigenvalue weighted by Gasteiger charge is -2.24. The summed E-state index contributed by atoms with van der Waals surface area (Å²) in [6, 6.07) is 7.50. The second kappa shape index (κ2) is 3.83. The molecule has 0 bridgehead atoms. The van der Waals surface area contributed by atoms with E-state index in [-0.39, 0.29) is 10.8 Å². The third kappa shape index (κ3) is 3.24. The van der Waals surface area contributed by atoms with Gasteiger partial charge in [-0.3, -0.25) is 0 Å². The third-order valence-electron chi connectivity index (χ3n) is 2.45. The molecule has 0 aliphatic carbocycles. The molecule has 0 unspecified atom stereocenters. The van der Waals surface area contributed by atoms with Gasteiger partial charge in [-0.1, -0.05) is 53.1 Å². The van der Waals surface area contributed by atoms with Crippen molar-refractivity contribution in [2.24, 2.45) is 0 Å². The molecule has 1 radical (unpaired) electrons. The molecule has 1 rings (SSSR count). The predicted molar refractivity (Wildman–Crippen MR) is 67.7 cm³/mol. The van der Waals surface area contributed by atoms with Crippen molar-refractivity contribution in [2.75, 3.05) is 0 Å². The Morgan fingerprint density at radius 2 is 1.20 bits per heavy atom. The van der Waals surface area contributed by atoms with Gasteiger partial charge in [0.2, 0.25) is 0 Å². The van der Waals surface area contributed by atoms with Crippen LogP contribution in [0.3, 0.4) is 0 Å². The van der Waals surface area contributed by atoms with E-state index in [0.717, 1.165) is 5.02 Å². The van der Waals surface area contributed by atoms with Crippen molar-refractivity contribution in [3.63, 3.8) is 0 Å². The van der Waals surface area contributed by atoms with Crippen LogP contribution in [0.2, 0.25) is 5.02 Å². The molecule has 0 aliphatic rings. The van der Waals surface area contributed by atoms with E-state index in [1.165, 1.54) is 11.1 Å². The summed E-state index contributed by atoms with van der Waals surface area (Å²) in [5.74, 6) is 0. The first-order valence-corrected chi connectivity index (χ1v) is 5.72. The van der Waals surface area contributed by atoms with Crippen molar-refractivity contribution in [2.45, 2.75) is 52.4 Å². The minimum Gasteiger partial charge on any atom is -0.0843 e. The first kappa shape index (κ1) is 12.6. The SMILES string of the molecule is CC(C)(C)c1[c]c(C(C)(C)C)cc(Cl)c1. The van der Waals surface area contributed by atoms with Crippen LogP contribution in [0.4, 0.5) is 0 Å². The summed E-state index contributed by atoms with van der Waals surface area (Å²) in [6.07, 6.45) is 0. The van der Waals surface area contributed by atoms with Gasteiger partial charge in [0.25, 0.3) is 0 Å². The summed E-state index contributed by atoms with van der Waals surface area (Å²) < 4.78 is 0. The molecule has 1 heteroatoms. The Kier molecular flexibility index (Phi) is 3.21. The molecule has 1 aromatic rings. The first-order valence-electron chi connectivity index (χ1n) is 5.34. The summed E-state index contributed by atoms with van der Waals surface area (Å²) in [5, 5.41) is 0.809. The third-order valence-corrected chi connectivity index (χ3v) is 2.67. The molecular weight excluding hydrogens is 204 g/mol. The van der Waals surface area contributed by atoms with Gasteiger partial charge in [-0.05, 0) is 40.2 Å². The average Bonchev–Trinajstić information content (AvgIpc) is 1.99. The monoisotopic (exact) mass is 223 g/mol. The molecular formula is C14H20Cl. The summed E-state index contributed by atoms with van der Waals surface area (Å²) >= 11 is 6.14. The highest BCUT2D eigenvalue weighted by Crippen LogP contribution is 2.31. The second-order valence-corrected chi connectivity index (χ2v) is 6.56. The Bertz CT molecular complexity index is 318. The van der Waals surface area contributed by atoms with Gasteiger partial charge in [0.15, 0.2) is 0 Å². The quantitative estimate of drug-likeness (QED) is 0.596. The maximum atomic E-state index is 6.14. The zero-order valence-electron chi connectivity index (χ0n) is 10.5. The van der Waals surface area contributed by atoms with Gasteiger partial charge in [-0.2, -0.15) is 0 Å². The number of benzene rings is 1. The summed E-state index contributed by atoms with van der Waals surface area (Å²) in [7, 11) is 0. The molecule has 0 aromatic heterocycles. The largest absolute Gasteiger partial charge is 0.0843 e. The molecule has 0 saturated carbocycles. The van der Waals surface area contributed by atoms with Crippen LogP contribution in [0.25, 0.3) is 0 Å². The van der Waals surface area contributed by atoms with Crippen LogP contribution in [0.5, 0.6) is 0 Å². The molecule has 0 amide bonds. The topological polar surface area (TPSA) is 0 Å². The standard InChI is InChI=1S/C14H20Cl/c1-13(2,3)10-7-11(14(4,5)6)9-12(15)8-10/h8-9H,1-6H3. The van der Waals surface area contributed by atoms with E-state index in [4.69, 9.17) is 11.6 Å². The lowest BCUT2D eigenvalue weighted by Crippen LogP contribution is -2.16. The van der Waals surface area contributed by atoms with Crippen LogP contribution in [0.15, 0.2) is 12.1 Å². The molecule has 0 fully saturated rings. The lowest BCUT2D eigenvalue weighted by molar-refractivity contribution is 0.566. The average molecular weight is 224 g/mol. The molecule has 1 aromatic carbocycles. The van der Waals surface area contributed by atoms with Gasteiger partial charge in [0.05, 0.1) is 0 Å². The zero-order chi connectivity index (χ0) is 11.9. The normalized spacial score (nSPS) is 13.0. The van der Waals surface area contributed by atoms with Crippen LogP contribution in [0, 0.1) is 6.07 Å². The highest BCUT2D eigenvalue weighted by molar-refractivity contribution is 6.30. The summed E-state index contributed by atoms with van der Waals surface area (Å²) in [4.78, 5) is 0. The summed E-state index contributed by atoms with van der Waals surface area (Å²) in [6.45, 7) is 13.1. The van der Waals surface area contributed by atoms with Crippen molar-refractivity contribution < 1.29 is 0 Å². The van der Waals surface area contributed by atoms with Crippen molar-refractivity contribution >= 4 is 11.6 Å². The molecule has 15 heavy (non-hydrogen) atoms. The fourth-order valence-electron chi connectivity index (χ4n) is 1.34. The Morgan fingerprint density at radius 1 is 0.867 bits per heavy atom. The van der Waals surface area contributed by atoms with E-state index in [1.54, 1.807) is 0 Å². The van der Waals surface area contributed by atoms with Gasteiger partial charge in [-0.25, -0.2) is 0 Å². The van der Waals surface area contributed by atoms with E-state index < -0.39 is 0 Å². The van der Waals surface area contributed by atoms with Crippen molar-refractivity contribution in [1.82, 2.24) is 0 Å². The highest BCUT2D eigenvalue weighted by atomic mass is 35.5. The predicted octanol–water partition coefficient (Wildman–Crippen LogP) is 4.74. The van der Waals surface area contributed by atoms with Crippen LogP contribution in [-0.2, 0) is 10.8 Å². The minimum absolute atomic E-state index is 0.102. The maximum Gasteiger partial charge on any atom is 0.0412 e. The maximum absolute atomic E-state index is 6.14. The van der Waals surface area contributed by atoms with E-state index in [2.05, 4.69) is 47.6 Å². The van der Waals surface area contributed by atoms with Crippen LogP contribution >= 0.6 is 11.6 Å². The molecule has 0 heterocycles. The van der Waals surface area contributed by atoms with Crippen molar-refractivity contribution in [3.8, 4) is 0 Å². The number of halogens is 1. The fourth-order valence-corrected chi connectivity index (χ4v) is 1.56. The van der Waals surface area contributed by atoms with E-state index in [1.807, 2.05) is 12.1 Å².